The van der Waals surface area contributed by atoms with Gasteiger partial charge in [0.1, 0.15) is 0 Å². The lowest BCUT2D eigenvalue weighted by Crippen LogP contribution is -2.17. The summed E-state index contributed by atoms with van der Waals surface area (Å²) in [4.78, 5) is 0. The third kappa shape index (κ3) is 3.71. The molecule has 1 rings (SSSR count). The predicted octanol–water partition coefficient (Wildman–Crippen LogP) is 2.70. The van der Waals surface area contributed by atoms with E-state index in [1.54, 1.807) is 0 Å². The minimum atomic E-state index is -0.243. The van der Waals surface area contributed by atoms with Crippen LogP contribution in [0.25, 0.3) is 0 Å². The largest absolute Gasteiger partial charge is 0.378 e. The van der Waals surface area contributed by atoms with Gasteiger partial charge in [0.25, 0.3) is 0 Å². The highest BCUT2D eigenvalue weighted by Crippen LogP contribution is 2.20. The van der Waals surface area contributed by atoms with Crippen LogP contribution < -0.4 is 0 Å². The fourth-order valence-corrected chi connectivity index (χ4v) is 1.54. The molecule has 0 saturated heterocycles. The van der Waals surface area contributed by atoms with E-state index in [1.807, 2.05) is 0 Å². The third-order valence-electron chi connectivity index (χ3n) is 2.18. The zero-order chi connectivity index (χ0) is 7.94. The molecule has 0 heterocycles. The lowest BCUT2D eigenvalue weighted by Gasteiger charge is -2.21. The minimum Gasteiger partial charge on any atom is -0.378 e. The van der Waals surface area contributed by atoms with E-state index in [4.69, 9.17) is 4.74 Å². The van der Waals surface area contributed by atoms with Crippen LogP contribution in [-0.2, 0) is 4.74 Å². The first kappa shape index (κ1) is 8.98. The molecule has 1 fully saturated rings. The highest BCUT2D eigenvalue weighted by molar-refractivity contribution is 4.64. The molecule has 0 aromatic heterocycles. The van der Waals surface area contributed by atoms with E-state index >= 15 is 0 Å². The van der Waals surface area contributed by atoms with Gasteiger partial charge in [0.15, 0.2) is 0 Å². The number of halogens is 1. The Morgan fingerprint density at radius 1 is 1.18 bits per heavy atom. The van der Waals surface area contributed by atoms with Gasteiger partial charge in [-0.2, -0.15) is 0 Å². The number of rotatable bonds is 4. The van der Waals surface area contributed by atoms with Gasteiger partial charge in [0.2, 0.25) is 0 Å². The zero-order valence-corrected chi connectivity index (χ0v) is 7.02. The SMILES string of the molecule is FCCCOC1CCCCC1. The van der Waals surface area contributed by atoms with E-state index in [9.17, 15) is 4.39 Å². The van der Waals surface area contributed by atoms with Crippen molar-refractivity contribution in [3.63, 3.8) is 0 Å². The molecule has 0 atom stereocenters. The van der Waals surface area contributed by atoms with E-state index in [0.717, 1.165) is 0 Å². The summed E-state index contributed by atoms with van der Waals surface area (Å²) in [5.74, 6) is 0. The van der Waals surface area contributed by atoms with Crippen LogP contribution in [0.4, 0.5) is 4.39 Å². The summed E-state index contributed by atoms with van der Waals surface area (Å²) < 4.78 is 17.2. The van der Waals surface area contributed by atoms with Gasteiger partial charge in [0.05, 0.1) is 12.8 Å². The first-order valence-corrected chi connectivity index (χ1v) is 4.61. The fraction of sp³-hybridized carbons (Fsp3) is 1.00. The van der Waals surface area contributed by atoms with Crippen LogP contribution in [0, 0.1) is 0 Å². The zero-order valence-electron chi connectivity index (χ0n) is 7.02. The summed E-state index contributed by atoms with van der Waals surface area (Å²) in [5, 5.41) is 0. The second-order valence-corrected chi connectivity index (χ2v) is 3.17. The Balaban J connectivity index is 1.96. The van der Waals surface area contributed by atoms with Gasteiger partial charge < -0.3 is 4.74 Å². The number of hydrogen-bond donors (Lipinski definition) is 0. The van der Waals surface area contributed by atoms with Gasteiger partial charge in [0, 0.05) is 6.61 Å². The molecule has 0 aromatic carbocycles. The highest BCUT2D eigenvalue weighted by atomic mass is 19.1. The van der Waals surface area contributed by atoms with Crippen molar-refractivity contribution < 1.29 is 9.13 Å². The first-order valence-electron chi connectivity index (χ1n) is 4.61. The standard InChI is InChI=1S/C9H17FO/c10-7-4-8-11-9-5-2-1-3-6-9/h9H,1-8H2. The summed E-state index contributed by atoms with van der Waals surface area (Å²) in [5.41, 5.74) is 0. The molecule has 0 unspecified atom stereocenters. The Morgan fingerprint density at radius 3 is 2.55 bits per heavy atom. The van der Waals surface area contributed by atoms with Gasteiger partial charge >= 0.3 is 0 Å². The molecule has 0 N–H and O–H groups in total. The van der Waals surface area contributed by atoms with Crippen molar-refractivity contribution in [2.24, 2.45) is 0 Å². The molecule has 1 aliphatic carbocycles. The smallest absolute Gasteiger partial charge is 0.0916 e. The average molecular weight is 160 g/mol. The predicted molar refractivity (Wildman–Crippen MR) is 43.4 cm³/mol. The van der Waals surface area contributed by atoms with Crippen LogP contribution in [0.3, 0.4) is 0 Å². The molecule has 1 nitrogen and oxygen atoms in total. The minimum absolute atomic E-state index is 0.243. The quantitative estimate of drug-likeness (QED) is 0.574. The Hall–Kier alpha value is -0.110. The number of alkyl halides is 1. The molecule has 0 radical (unpaired) electrons. The van der Waals surface area contributed by atoms with E-state index in [0.29, 0.717) is 19.1 Å². The van der Waals surface area contributed by atoms with Crippen LogP contribution in [0.2, 0.25) is 0 Å². The maximum absolute atomic E-state index is 11.7. The summed E-state index contributed by atoms with van der Waals surface area (Å²) in [6.45, 7) is 0.369. The number of hydrogen-bond acceptors (Lipinski definition) is 1. The molecule has 0 aromatic rings. The maximum atomic E-state index is 11.7. The average Bonchev–Trinajstić information content (AvgIpc) is 2.07. The van der Waals surface area contributed by atoms with Crippen LogP contribution in [0.15, 0.2) is 0 Å². The molecule has 1 aliphatic rings. The topological polar surface area (TPSA) is 9.23 Å². The first-order chi connectivity index (χ1) is 5.43. The van der Waals surface area contributed by atoms with E-state index < -0.39 is 0 Å². The second-order valence-electron chi connectivity index (χ2n) is 3.17. The Kier molecular flexibility index (Phi) is 4.51. The van der Waals surface area contributed by atoms with Crippen LogP contribution in [-0.4, -0.2) is 19.4 Å². The van der Waals surface area contributed by atoms with E-state index in [2.05, 4.69) is 0 Å². The highest BCUT2D eigenvalue weighted by Gasteiger charge is 2.12. The van der Waals surface area contributed by atoms with Crippen molar-refractivity contribution in [3.8, 4) is 0 Å². The van der Waals surface area contributed by atoms with Crippen molar-refractivity contribution in [2.75, 3.05) is 13.3 Å². The van der Waals surface area contributed by atoms with Crippen molar-refractivity contribution in [1.29, 1.82) is 0 Å². The van der Waals surface area contributed by atoms with E-state index in [1.165, 1.54) is 32.1 Å². The second kappa shape index (κ2) is 5.53. The summed E-state index contributed by atoms with van der Waals surface area (Å²) in [7, 11) is 0. The monoisotopic (exact) mass is 160 g/mol. The van der Waals surface area contributed by atoms with Gasteiger partial charge in [-0.05, 0) is 19.3 Å². The Labute approximate surface area is 67.9 Å². The van der Waals surface area contributed by atoms with Gasteiger partial charge in [-0.1, -0.05) is 19.3 Å². The van der Waals surface area contributed by atoms with Crippen molar-refractivity contribution in [2.45, 2.75) is 44.6 Å². The fourth-order valence-electron chi connectivity index (χ4n) is 1.54. The molecule has 0 aliphatic heterocycles. The normalized spacial score (nSPS) is 20.5. The lowest BCUT2D eigenvalue weighted by molar-refractivity contribution is 0.0250. The molecule has 2 heteroatoms. The number of ether oxygens (including phenoxy) is 1. The summed E-state index contributed by atoms with van der Waals surface area (Å²) in [6, 6.07) is 0. The van der Waals surface area contributed by atoms with Gasteiger partial charge in [-0.3, -0.25) is 4.39 Å². The molecular formula is C9H17FO. The van der Waals surface area contributed by atoms with Crippen molar-refractivity contribution in [1.82, 2.24) is 0 Å². The van der Waals surface area contributed by atoms with Gasteiger partial charge in [-0.15, -0.1) is 0 Å². The molecule has 0 amide bonds. The van der Waals surface area contributed by atoms with Crippen molar-refractivity contribution in [3.05, 3.63) is 0 Å². The van der Waals surface area contributed by atoms with E-state index in [-0.39, 0.29) is 6.67 Å². The molecular weight excluding hydrogens is 143 g/mol. The Morgan fingerprint density at radius 2 is 1.91 bits per heavy atom. The summed E-state index contributed by atoms with van der Waals surface area (Å²) >= 11 is 0. The molecule has 66 valence electrons. The third-order valence-corrected chi connectivity index (χ3v) is 2.18. The van der Waals surface area contributed by atoms with Crippen LogP contribution in [0.5, 0.6) is 0 Å². The van der Waals surface area contributed by atoms with Crippen molar-refractivity contribution >= 4 is 0 Å². The lowest BCUT2D eigenvalue weighted by atomic mass is 9.98. The Bertz CT molecular complexity index is 89.6. The van der Waals surface area contributed by atoms with Gasteiger partial charge in [-0.25, -0.2) is 0 Å². The molecule has 11 heavy (non-hydrogen) atoms. The van der Waals surface area contributed by atoms with Crippen LogP contribution in [0.1, 0.15) is 38.5 Å². The maximum Gasteiger partial charge on any atom is 0.0916 e. The summed E-state index contributed by atoms with van der Waals surface area (Å²) in [6.07, 6.45) is 7.31. The molecule has 0 spiro atoms. The van der Waals surface area contributed by atoms with Crippen LogP contribution >= 0.6 is 0 Å². The molecule has 1 saturated carbocycles. The molecule has 0 bridgehead atoms.